The lowest BCUT2D eigenvalue weighted by Gasteiger charge is -2.41. The van der Waals surface area contributed by atoms with Crippen molar-refractivity contribution >= 4 is 11.9 Å². The second kappa shape index (κ2) is 23.6. The van der Waals surface area contributed by atoms with Crippen molar-refractivity contribution in [1.29, 1.82) is 0 Å². The van der Waals surface area contributed by atoms with Crippen LogP contribution < -0.4 is 9.47 Å². The van der Waals surface area contributed by atoms with Gasteiger partial charge in [-0.05, 0) is 163 Å². The van der Waals surface area contributed by atoms with E-state index >= 15 is 9.59 Å². The predicted octanol–water partition coefficient (Wildman–Crippen LogP) is 18.8. The van der Waals surface area contributed by atoms with E-state index in [4.69, 9.17) is 9.47 Å². The molecule has 0 aromatic heterocycles. The van der Waals surface area contributed by atoms with Crippen molar-refractivity contribution < 1.29 is 29.3 Å². The Morgan fingerprint density at radius 2 is 0.627 bits per heavy atom. The number of esters is 2. The molecule has 416 valence electrons. The lowest BCUT2D eigenvalue weighted by molar-refractivity contribution is -0.161. The Balaban J connectivity index is 2.10. The molecule has 6 heteroatoms. The summed E-state index contributed by atoms with van der Waals surface area (Å²) in [7, 11) is 0. The molecule has 0 spiro atoms. The van der Waals surface area contributed by atoms with Gasteiger partial charge in [0, 0.05) is 0 Å². The summed E-state index contributed by atoms with van der Waals surface area (Å²) in [5.74, 6) is -0.374. The molecule has 2 N–H and O–H groups in total. The molecule has 0 unspecified atom stereocenters. The largest absolute Gasteiger partial charge is 0.507 e. The van der Waals surface area contributed by atoms with E-state index in [1.807, 2.05) is 48.5 Å². The Bertz CT molecular complexity index is 2280. The highest BCUT2D eigenvalue weighted by molar-refractivity contribution is 6.02. The van der Waals surface area contributed by atoms with Crippen LogP contribution in [0.15, 0.2) is 72.8 Å². The third kappa shape index (κ3) is 14.1. The maximum absolute atomic E-state index is 16.0. The molecule has 0 heterocycles. The standard InChI is InChI=1S/C69H104O6/c1-23-65(21,24-2)45-67(27-5,28-6)49-31-35-51(36-32-49)74-59(72)69(43-47-39-53(61(9,10)11)57(70)54(40-47)62(12,13)14,44-48-41-55(63(15,16)17)58(71)56(42-48)64(18,19)20)60(73)75-52-37-33-50(34-38-52)68(29-7,30-8)46-66(22,25-3)26-4/h31-42,70-71H,23-30,43-46H2,1-22H3. The minimum absolute atomic E-state index is 0.0607. The van der Waals surface area contributed by atoms with Gasteiger partial charge in [0.1, 0.15) is 23.0 Å². The van der Waals surface area contributed by atoms with Gasteiger partial charge in [-0.25, -0.2) is 0 Å². The Morgan fingerprint density at radius 3 is 0.827 bits per heavy atom. The van der Waals surface area contributed by atoms with Gasteiger partial charge in [-0.2, -0.15) is 0 Å². The van der Waals surface area contributed by atoms with Crippen LogP contribution in [0.25, 0.3) is 0 Å². The van der Waals surface area contributed by atoms with Gasteiger partial charge in [0.2, 0.25) is 0 Å². The maximum atomic E-state index is 16.0. The fourth-order valence-electron chi connectivity index (χ4n) is 11.8. The second-order valence-corrected chi connectivity index (χ2v) is 27.7. The summed E-state index contributed by atoms with van der Waals surface area (Å²) in [6, 6.07) is 23.8. The fourth-order valence-corrected chi connectivity index (χ4v) is 11.8. The van der Waals surface area contributed by atoms with Crippen LogP contribution in [0, 0.1) is 16.2 Å². The Labute approximate surface area is 457 Å². The minimum Gasteiger partial charge on any atom is -0.507 e. The summed E-state index contributed by atoms with van der Waals surface area (Å²) in [6.07, 6.45) is 10.2. The van der Waals surface area contributed by atoms with E-state index in [0.29, 0.717) is 22.6 Å². The average Bonchev–Trinajstić information content (AvgIpc) is 3.34. The molecule has 0 aliphatic heterocycles. The molecule has 4 aromatic carbocycles. The van der Waals surface area contributed by atoms with Crippen molar-refractivity contribution in [3.8, 4) is 23.0 Å². The van der Waals surface area contributed by atoms with Gasteiger partial charge in [0.05, 0.1) is 0 Å². The predicted molar refractivity (Wildman–Crippen MR) is 316 cm³/mol. The molecule has 6 nitrogen and oxygen atoms in total. The van der Waals surface area contributed by atoms with Crippen molar-refractivity contribution in [2.24, 2.45) is 16.2 Å². The Kier molecular flexibility index (Phi) is 19.8. The SMILES string of the molecule is CCC(C)(CC)CC(CC)(CC)c1ccc(OC(=O)C(Cc2cc(C(C)(C)C)c(O)c(C(C)(C)C)c2)(Cc2cc(C(C)(C)C)c(O)c(C(C)(C)C)c2)C(=O)Oc2ccc(C(CC)(CC)CC(C)(CC)CC)cc2)cc1. The van der Waals surface area contributed by atoms with E-state index in [9.17, 15) is 10.2 Å². The molecule has 0 amide bonds. The van der Waals surface area contributed by atoms with Crippen LogP contribution in [0.5, 0.6) is 23.0 Å². The zero-order valence-corrected chi connectivity index (χ0v) is 51.4. The molecule has 4 rings (SSSR count). The number of phenolic OH excluding ortho intramolecular Hbond substituents is 2. The molecule has 0 atom stereocenters. The molecule has 0 fully saturated rings. The van der Waals surface area contributed by atoms with Crippen LogP contribution in [-0.4, -0.2) is 22.2 Å². The first-order chi connectivity index (χ1) is 34.5. The zero-order chi connectivity index (χ0) is 57.0. The van der Waals surface area contributed by atoms with Crippen molar-refractivity contribution in [3.63, 3.8) is 0 Å². The number of hydrogen-bond acceptors (Lipinski definition) is 6. The van der Waals surface area contributed by atoms with Gasteiger partial charge in [-0.15, -0.1) is 0 Å². The quantitative estimate of drug-likeness (QED) is 0.0463. The Morgan fingerprint density at radius 1 is 0.387 bits per heavy atom. The number of carbonyl (C=O) groups excluding carboxylic acids is 2. The van der Waals surface area contributed by atoms with Crippen molar-refractivity contribution in [3.05, 3.63) is 117 Å². The number of ether oxygens (including phenoxy) is 2. The molecule has 0 saturated heterocycles. The molecular weight excluding hydrogens is 925 g/mol. The molecule has 0 aliphatic rings. The van der Waals surface area contributed by atoms with Crippen LogP contribution in [0.4, 0.5) is 0 Å². The number of rotatable bonds is 22. The molecule has 75 heavy (non-hydrogen) atoms. The molecule has 0 aliphatic carbocycles. The van der Waals surface area contributed by atoms with Crippen LogP contribution in [0.1, 0.15) is 261 Å². The second-order valence-electron chi connectivity index (χ2n) is 27.7. The van der Waals surface area contributed by atoms with Gasteiger partial charge >= 0.3 is 11.9 Å². The highest BCUT2D eigenvalue weighted by atomic mass is 16.6. The lowest BCUT2D eigenvalue weighted by atomic mass is 9.64. The van der Waals surface area contributed by atoms with Crippen LogP contribution in [0.2, 0.25) is 0 Å². The van der Waals surface area contributed by atoms with Gasteiger partial charge in [0.15, 0.2) is 5.41 Å². The third-order valence-corrected chi connectivity index (χ3v) is 18.4. The summed E-state index contributed by atoms with van der Waals surface area (Å²) in [5.41, 5.74) is 3.03. The Hall–Kier alpha value is -4.58. The maximum Gasteiger partial charge on any atom is 0.329 e. The summed E-state index contributed by atoms with van der Waals surface area (Å²) in [4.78, 5) is 32.1. The first-order valence-electron chi connectivity index (χ1n) is 28.9. The number of hydrogen-bond donors (Lipinski definition) is 2. The molecule has 0 bridgehead atoms. The summed E-state index contributed by atoms with van der Waals surface area (Å²) >= 11 is 0. The summed E-state index contributed by atoms with van der Waals surface area (Å²) < 4.78 is 13.2. The summed E-state index contributed by atoms with van der Waals surface area (Å²) in [5, 5.41) is 23.9. The van der Waals surface area contributed by atoms with E-state index in [-0.39, 0.29) is 46.0 Å². The molecule has 0 radical (unpaired) electrons. The van der Waals surface area contributed by atoms with Crippen LogP contribution in [0.3, 0.4) is 0 Å². The number of phenols is 2. The van der Waals surface area contributed by atoms with Crippen molar-refractivity contribution in [2.45, 2.75) is 262 Å². The smallest absolute Gasteiger partial charge is 0.329 e. The van der Waals surface area contributed by atoms with E-state index in [0.717, 1.165) is 86.5 Å². The number of aromatic hydroxyl groups is 2. The normalized spacial score (nSPS) is 13.5. The van der Waals surface area contributed by atoms with E-state index < -0.39 is 39.0 Å². The third-order valence-electron chi connectivity index (χ3n) is 18.4. The number of carbonyl (C=O) groups is 2. The first kappa shape index (κ1) is 63.0. The van der Waals surface area contributed by atoms with Gasteiger partial charge in [0.25, 0.3) is 0 Å². The van der Waals surface area contributed by atoms with Crippen LogP contribution >= 0.6 is 0 Å². The highest BCUT2D eigenvalue weighted by Gasteiger charge is 2.51. The van der Waals surface area contributed by atoms with E-state index in [2.05, 4.69) is 177 Å². The fraction of sp³-hybridized carbons (Fsp3) is 0.623. The van der Waals surface area contributed by atoms with Gasteiger partial charge in [-0.1, -0.05) is 227 Å². The van der Waals surface area contributed by atoms with Crippen molar-refractivity contribution in [1.82, 2.24) is 0 Å². The van der Waals surface area contributed by atoms with E-state index in [1.54, 1.807) is 0 Å². The monoisotopic (exact) mass is 1030 g/mol. The van der Waals surface area contributed by atoms with Gasteiger partial charge in [-0.3, -0.25) is 9.59 Å². The molecular formula is C69H104O6. The van der Waals surface area contributed by atoms with E-state index in [1.165, 1.54) is 11.1 Å². The highest BCUT2D eigenvalue weighted by Crippen LogP contribution is 2.49. The first-order valence-corrected chi connectivity index (χ1v) is 28.9. The van der Waals surface area contributed by atoms with Crippen LogP contribution in [-0.2, 0) is 54.9 Å². The summed E-state index contributed by atoms with van der Waals surface area (Å²) in [6.45, 7) is 47.8. The lowest BCUT2D eigenvalue weighted by Crippen LogP contribution is -2.48. The zero-order valence-electron chi connectivity index (χ0n) is 51.4. The van der Waals surface area contributed by atoms with Gasteiger partial charge < -0.3 is 19.7 Å². The van der Waals surface area contributed by atoms with Crippen molar-refractivity contribution in [2.75, 3.05) is 0 Å². The number of benzene rings is 4. The average molecular weight is 1030 g/mol. The minimum atomic E-state index is -1.97. The molecule has 4 aromatic rings. The topological polar surface area (TPSA) is 93.1 Å². The molecule has 0 saturated carbocycles.